The maximum absolute atomic E-state index is 12.7. The van der Waals surface area contributed by atoms with Gasteiger partial charge in [0.05, 0.1) is 28.4 Å². The Balaban J connectivity index is 2.44. The molecule has 0 aliphatic carbocycles. The SMILES string of the molecule is COc1c(C(=O)Nc2c(Cl)cncc2Cl)ccc(OC(F)F)c1CCCCl. The Kier molecular flexibility index (Phi) is 7.89. The van der Waals surface area contributed by atoms with Crippen LogP contribution in [0.1, 0.15) is 22.3 Å². The molecule has 0 spiro atoms. The van der Waals surface area contributed by atoms with Crippen molar-refractivity contribution in [2.45, 2.75) is 19.5 Å². The van der Waals surface area contributed by atoms with Crippen LogP contribution in [-0.4, -0.2) is 30.5 Å². The fraction of sp³-hybridized carbons (Fsp3) is 0.294. The minimum absolute atomic E-state index is 0.0801. The number of alkyl halides is 3. The van der Waals surface area contributed by atoms with E-state index < -0.39 is 12.5 Å². The van der Waals surface area contributed by atoms with Gasteiger partial charge >= 0.3 is 6.61 Å². The lowest BCUT2D eigenvalue weighted by molar-refractivity contribution is -0.0505. The Morgan fingerprint density at radius 1 is 1.26 bits per heavy atom. The molecule has 0 aliphatic heterocycles. The first-order chi connectivity index (χ1) is 12.9. The molecule has 10 heteroatoms. The van der Waals surface area contributed by atoms with Gasteiger partial charge in [0.25, 0.3) is 5.91 Å². The van der Waals surface area contributed by atoms with E-state index in [0.717, 1.165) is 0 Å². The number of methoxy groups -OCH3 is 1. The van der Waals surface area contributed by atoms with Crippen LogP contribution in [-0.2, 0) is 6.42 Å². The normalized spacial score (nSPS) is 10.8. The van der Waals surface area contributed by atoms with E-state index in [1.165, 1.54) is 31.6 Å². The molecule has 1 aromatic carbocycles. The van der Waals surface area contributed by atoms with Crippen LogP contribution in [0.15, 0.2) is 24.5 Å². The van der Waals surface area contributed by atoms with Crippen LogP contribution in [0.3, 0.4) is 0 Å². The molecule has 27 heavy (non-hydrogen) atoms. The molecule has 1 N–H and O–H groups in total. The molecular weight excluding hydrogens is 425 g/mol. The number of amides is 1. The van der Waals surface area contributed by atoms with E-state index in [1.807, 2.05) is 0 Å². The van der Waals surface area contributed by atoms with Gasteiger partial charge < -0.3 is 14.8 Å². The van der Waals surface area contributed by atoms with Crippen molar-refractivity contribution in [3.8, 4) is 11.5 Å². The molecule has 5 nitrogen and oxygen atoms in total. The van der Waals surface area contributed by atoms with Crippen LogP contribution in [0.2, 0.25) is 10.0 Å². The lowest BCUT2D eigenvalue weighted by atomic mass is 10.0. The van der Waals surface area contributed by atoms with Gasteiger partial charge in [0.15, 0.2) is 0 Å². The Bertz CT molecular complexity index is 802. The quantitative estimate of drug-likeness (QED) is 0.558. The molecular formula is C17H15Cl3F2N2O3. The van der Waals surface area contributed by atoms with Gasteiger partial charge in [0, 0.05) is 23.8 Å². The lowest BCUT2D eigenvalue weighted by Gasteiger charge is -2.18. The molecule has 0 bridgehead atoms. The Hall–Kier alpha value is -1.83. The summed E-state index contributed by atoms with van der Waals surface area (Å²) in [5, 5.41) is 2.87. The second kappa shape index (κ2) is 9.92. The molecule has 146 valence electrons. The van der Waals surface area contributed by atoms with Crippen molar-refractivity contribution in [3.63, 3.8) is 0 Å². The van der Waals surface area contributed by atoms with E-state index in [0.29, 0.717) is 17.9 Å². The van der Waals surface area contributed by atoms with Gasteiger partial charge in [-0.25, -0.2) is 0 Å². The number of rotatable bonds is 8. The Morgan fingerprint density at radius 2 is 1.93 bits per heavy atom. The summed E-state index contributed by atoms with van der Waals surface area (Å²) in [7, 11) is 1.33. The summed E-state index contributed by atoms with van der Waals surface area (Å²) < 4.78 is 35.2. The molecule has 2 rings (SSSR count). The van der Waals surface area contributed by atoms with Crippen LogP contribution < -0.4 is 14.8 Å². The van der Waals surface area contributed by atoms with Gasteiger partial charge in [-0.05, 0) is 25.0 Å². The smallest absolute Gasteiger partial charge is 0.387 e. The van der Waals surface area contributed by atoms with Gasteiger partial charge in [-0.2, -0.15) is 8.78 Å². The molecule has 0 saturated heterocycles. The predicted molar refractivity (Wildman–Crippen MR) is 101 cm³/mol. The number of carbonyl (C=O) groups is 1. The third kappa shape index (κ3) is 5.34. The highest BCUT2D eigenvalue weighted by atomic mass is 35.5. The average molecular weight is 440 g/mol. The van der Waals surface area contributed by atoms with Gasteiger partial charge in [0.1, 0.15) is 11.5 Å². The number of ether oxygens (including phenoxy) is 2. The number of benzene rings is 1. The van der Waals surface area contributed by atoms with Gasteiger partial charge in [0.2, 0.25) is 0 Å². The van der Waals surface area contributed by atoms with E-state index >= 15 is 0 Å². The molecule has 0 aliphatic rings. The Labute approximate surface area is 169 Å². The first kappa shape index (κ1) is 21.5. The van der Waals surface area contributed by atoms with Crippen molar-refractivity contribution in [2.24, 2.45) is 0 Å². The van der Waals surface area contributed by atoms with Crippen LogP contribution in [0.5, 0.6) is 11.5 Å². The third-order valence-corrected chi connectivity index (χ3v) is 4.38. The zero-order valence-electron chi connectivity index (χ0n) is 14.1. The highest BCUT2D eigenvalue weighted by Crippen LogP contribution is 2.36. The molecule has 1 aromatic heterocycles. The van der Waals surface area contributed by atoms with E-state index in [1.54, 1.807) is 0 Å². The number of hydrogen-bond donors (Lipinski definition) is 1. The second-order valence-corrected chi connectivity index (χ2v) is 6.42. The van der Waals surface area contributed by atoms with Crippen LogP contribution >= 0.6 is 34.8 Å². The standard InChI is InChI=1S/C17H15Cl3F2N2O3/c1-26-15-9(3-2-6-18)13(27-17(21)22)5-4-10(15)16(25)24-14-11(19)7-23-8-12(14)20/h4-5,7-8,17H,2-3,6H2,1H3,(H,23,24,25). The van der Waals surface area contributed by atoms with Crippen LogP contribution in [0, 0.1) is 0 Å². The molecule has 0 atom stereocenters. The third-order valence-electron chi connectivity index (χ3n) is 3.53. The summed E-state index contributed by atoms with van der Waals surface area (Å²) in [6.07, 6.45) is 3.41. The number of nitrogens with zero attached hydrogens (tertiary/aromatic N) is 1. The van der Waals surface area contributed by atoms with E-state index in [2.05, 4.69) is 15.0 Å². The van der Waals surface area contributed by atoms with Crippen molar-refractivity contribution in [1.82, 2.24) is 4.98 Å². The Morgan fingerprint density at radius 3 is 2.48 bits per heavy atom. The molecule has 0 saturated carbocycles. The van der Waals surface area contributed by atoms with E-state index in [9.17, 15) is 13.6 Å². The average Bonchev–Trinajstić information content (AvgIpc) is 2.62. The summed E-state index contributed by atoms with van der Waals surface area (Å²) in [6, 6.07) is 2.60. The second-order valence-electron chi connectivity index (χ2n) is 5.23. The summed E-state index contributed by atoms with van der Waals surface area (Å²) in [5.74, 6) is -0.256. The molecule has 1 heterocycles. The highest BCUT2D eigenvalue weighted by Gasteiger charge is 2.22. The van der Waals surface area contributed by atoms with E-state index in [-0.39, 0.29) is 39.2 Å². The zero-order chi connectivity index (χ0) is 20.0. The van der Waals surface area contributed by atoms with Crippen molar-refractivity contribution in [1.29, 1.82) is 0 Å². The zero-order valence-corrected chi connectivity index (χ0v) is 16.3. The highest BCUT2D eigenvalue weighted by molar-refractivity contribution is 6.39. The number of pyridine rings is 1. The van der Waals surface area contributed by atoms with Crippen LogP contribution in [0.25, 0.3) is 0 Å². The first-order valence-corrected chi connectivity index (χ1v) is 8.99. The fourth-order valence-electron chi connectivity index (χ4n) is 2.42. The van der Waals surface area contributed by atoms with Crippen molar-refractivity contribution in [2.75, 3.05) is 18.3 Å². The summed E-state index contributed by atoms with van der Waals surface area (Å²) in [6.45, 7) is -3.02. The fourth-order valence-corrected chi connectivity index (χ4v) is 3.01. The summed E-state index contributed by atoms with van der Waals surface area (Å²) in [5.41, 5.74) is 0.598. The number of aromatic nitrogens is 1. The number of nitrogens with one attached hydrogen (secondary N) is 1. The van der Waals surface area contributed by atoms with Crippen molar-refractivity contribution < 1.29 is 23.0 Å². The molecule has 0 radical (unpaired) electrons. The first-order valence-electron chi connectivity index (χ1n) is 7.70. The topological polar surface area (TPSA) is 60.5 Å². The predicted octanol–water partition coefficient (Wildman–Crippen LogP) is 5.42. The number of hydrogen-bond acceptors (Lipinski definition) is 4. The van der Waals surface area contributed by atoms with E-state index in [4.69, 9.17) is 39.5 Å². The van der Waals surface area contributed by atoms with Gasteiger partial charge in [-0.15, -0.1) is 11.6 Å². The summed E-state index contributed by atoms with van der Waals surface area (Å²) in [4.78, 5) is 16.5. The minimum atomic E-state index is -3.02. The maximum atomic E-state index is 12.7. The molecule has 2 aromatic rings. The van der Waals surface area contributed by atoms with Gasteiger partial charge in [-0.1, -0.05) is 23.2 Å². The number of carbonyl (C=O) groups excluding carboxylic acids is 1. The van der Waals surface area contributed by atoms with Crippen molar-refractivity contribution >= 4 is 46.4 Å². The minimum Gasteiger partial charge on any atom is -0.495 e. The maximum Gasteiger partial charge on any atom is 0.387 e. The van der Waals surface area contributed by atoms with Crippen molar-refractivity contribution in [3.05, 3.63) is 45.7 Å². The monoisotopic (exact) mass is 438 g/mol. The number of anilines is 1. The van der Waals surface area contributed by atoms with Crippen LogP contribution in [0.4, 0.5) is 14.5 Å². The molecule has 0 unspecified atom stereocenters. The lowest BCUT2D eigenvalue weighted by Crippen LogP contribution is -2.16. The number of halogens is 5. The molecule has 1 amide bonds. The van der Waals surface area contributed by atoms with Gasteiger partial charge in [-0.3, -0.25) is 9.78 Å². The summed E-state index contributed by atoms with van der Waals surface area (Å²) >= 11 is 17.7. The largest absolute Gasteiger partial charge is 0.495 e. The molecule has 0 fully saturated rings.